The summed E-state index contributed by atoms with van der Waals surface area (Å²) < 4.78 is 7.78. The van der Waals surface area contributed by atoms with Crippen LogP contribution in [-0.2, 0) is 11.2 Å². The number of carbonyl (C=O) groups is 1. The summed E-state index contributed by atoms with van der Waals surface area (Å²) in [5.41, 5.74) is 2.11. The first-order valence-electron chi connectivity index (χ1n) is 8.36. The minimum absolute atomic E-state index is 0.148. The molecule has 0 aliphatic carbocycles. The van der Waals surface area contributed by atoms with E-state index in [1.54, 1.807) is 29.6 Å². The quantitative estimate of drug-likeness (QED) is 0.723. The summed E-state index contributed by atoms with van der Waals surface area (Å²) in [6, 6.07) is 5.77. The van der Waals surface area contributed by atoms with Crippen molar-refractivity contribution in [2.24, 2.45) is 5.92 Å². The van der Waals surface area contributed by atoms with E-state index in [1.165, 1.54) is 0 Å². The molecule has 0 saturated carbocycles. The molecule has 0 N–H and O–H groups in total. The number of nitrogens with zero attached hydrogens (tertiary/aromatic N) is 5. The van der Waals surface area contributed by atoms with Crippen molar-refractivity contribution in [3.05, 3.63) is 60.7 Å². The van der Waals surface area contributed by atoms with Crippen LogP contribution < -0.4 is 0 Å². The lowest BCUT2D eigenvalue weighted by molar-refractivity contribution is 0.0725. The Hall–Kier alpha value is -2.80. The first-order valence-corrected chi connectivity index (χ1v) is 8.36. The maximum atomic E-state index is 12.6. The van der Waals surface area contributed by atoms with Crippen molar-refractivity contribution in [2.75, 3.05) is 26.3 Å². The Morgan fingerprint density at radius 1 is 1.16 bits per heavy atom. The van der Waals surface area contributed by atoms with Crippen molar-refractivity contribution in [2.45, 2.75) is 6.42 Å². The van der Waals surface area contributed by atoms with Crippen LogP contribution >= 0.6 is 0 Å². The molecule has 7 nitrogen and oxygen atoms in total. The molecule has 1 aliphatic rings. The zero-order valence-electron chi connectivity index (χ0n) is 13.8. The average molecular weight is 337 g/mol. The van der Waals surface area contributed by atoms with Crippen molar-refractivity contribution < 1.29 is 9.53 Å². The number of aromatic nitrogens is 4. The summed E-state index contributed by atoms with van der Waals surface area (Å²) in [5, 5.41) is 0. The third kappa shape index (κ3) is 3.36. The topological polar surface area (TPSA) is 72.6 Å². The smallest absolute Gasteiger partial charge is 0.291 e. The number of hydrogen-bond acceptors (Lipinski definition) is 5. The normalized spacial score (nSPS) is 18.2. The predicted molar refractivity (Wildman–Crippen MR) is 91.1 cm³/mol. The van der Waals surface area contributed by atoms with Crippen molar-refractivity contribution in [3.63, 3.8) is 0 Å². The molecule has 128 valence electrons. The monoisotopic (exact) mass is 337 g/mol. The van der Waals surface area contributed by atoms with Crippen LogP contribution in [-0.4, -0.2) is 56.5 Å². The van der Waals surface area contributed by atoms with Gasteiger partial charge in [-0.3, -0.25) is 9.78 Å². The Morgan fingerprint density at radius 2 is 2.04 bits per heavy atom. The molecule has 25 heavy (non-hydrogen) atoms. The van der Waals surface area contributed by atoms with E-state index in [4.69, 9.17) is 4.74 Å². The molecule has 0 aromatic carbocycles. The molecule has 1 saturated heterocycles. The van der Waals surface area contributed by atoms with Crippen LogP contribution in [0.25, 0.3) is 5.52 Å². The molecule has 0 bridgehead atoms. The number of ether oxygens (including phenoxy) is 1. The van der Waals surface area contributed by atoms with E-state index in [9.17, 15) is 4.79 Å². The Kier molecular flexibility index (Phi) is 4.39. The summed E-state index contributed by atoms with van der Waals surface area (Å²) in [4.78, 5) is 27.1. The molecule has 0 unspecified atom stereocenters. The molecule has 3 aromatic rings. The van der Waals surface area contributed by atoms with Gasteiger partial charge in [-0.2, -0.15) is 0 Å². The molecule has 0 radical (unpaired) electrons. The van der Waals surface area contributed by atoms with Crippen LogP contribution in [0.15, 0.2) is 49.2 Å². The van der Waals surface area contributed by atoms with E-state index in [0.717, 1.165) is 17.6 Å². The molecule has 1 aliphatic heterocycles. The highest BCUT2D eigenvalue weighted by Gasteiger charge is 2.25. The molecule has 0 spiro atoms. The maximum absolute atomic E-state index is 12.6. The van der Waals surface area contributed by atoms with E-state index >= 15 is 0 Å². The zero-order chi connectivity index (χ0) is 17.1. The summed E-state index contributed by atoms with van der Waals surface area (Å²) in [6.45, 7) is 2.30. The standard InChI is InChI=1S/C18H19N5O2/c24-18(17-20-4-2-5-21-17)23-9-10-25-13-14(12-23)11-15-16-3-1-7-22(16)8-6-19-15/h1-8,14H,9-13H2/t14-/m0/s1. The fourth-order valence-electron chi connectivity index (χ4n) is 3.20. The van der Waals surface area contributed by atoms with Gasteiger partial charge in [-0.1, -0.05) is 0 Å². The van der Waals surface area contributed by atoms with Gasteiger partial charge >= 0.3 is 0 Å². The predicted octanol–water partition coefficient (Wildman–Crippen LogP) is 1.46. The molecule has 4 heterocycles. The van der Waals surface area contributed by atoms with E-state index in [-0.39, 0.29) is 17.6 Å². The van der Waals surface area contributed by atoms with E-state index in [2.05, 4.69) is 25.4 Å². The average Bonchev–Trinajstić information content (AvgIpc) is 3.02. The Bertz CT molecular complexity index is 864. The fourth-order valence-corrected chi connectivity index (χ4v) is 3.20. The number of amides is 1. The van der Waals surface area contributed by atoms with Crippen LogP contribution in [0.1, 0.15) is 16.3 Å². The van der Waals surface area contributed by atoms with Crippen LogP contribution in [0.2, 0.25) is 0 Å². The molecule has 4 rings (SSSR count). The van der Waals surface area contributed by atoms with Crippen LogP contribution in [0.5, 0.6) is 0 Å². The van der Waals surface area contributed by atoms with Gasteiger partial charge in [0.25, 0.3) is 5.91 Å². The van der Waals surface area contributed by atoms with Gasteiger partial charge in [0, 0.05) is 50.0 Å². The van der Waals surface area contributed by atoms with Gasteiger partial charge in [-0.25, -0.2) is 9.97 Å². The first-order chi connectivity index (χ1) is 12.3. The highest BCUT2D eigenvalue weighted by molar-refractivity contribution is 5.90. The summed E-state index contributed by atoms with van der Waals surface area (Å²) in [7, 11) is 0. The largest absolute Gasteiger partial charge is 0.379 e. The van der Waals surface area contributed by atoms with Gasteiger partial charge in [-0.05, 0) is 24.6 Å². The third-order valence-corrected chi connectivity index (χ3v) is 4.40. The van der Waals surface area contributed by atoms with Crippen LogP contribution in [0, 0.1) is 5.92 Å². The number of carbonyl (C=O) groups excluding carboxylic acids is 1. The molecule has 3 aromatic heterocycles. The minimum atomic E-state index is -0.148. The third-order valence-electron chi connectivity index (χ3n) is 4.40. The lowest BCUT2D eigenvalue weighted by atomic mass is 10.0. The van der Waals surface area contributed by atoms with Crippen LogP contribution in [0.4, 0.5) is 0 Å². The van der Waals surface area contributed by atoms with Gasteiger partial charge < -0.3 is 14.0 Å². The summed E-state index contributed by atoms with van der Waals surface area (Å²) in [6.07, 6.45) is 9.68. The minimum Gasteiger partial charge on any atom is -0.379 e. The van der Waals surface area contributed by atoms with Gasteiger partial charge in [0.05, 0.1) is 24.4 Å². The lowest BCUT2D eigenvalue weighted by Gasteiger charge is -2.22. The number of fused-ring (bicyclic) bond motifs is 1. The Morgan fingerprint density at radius 3 is 2.92 bits per heavy atom. The number of hydrogen-bond donors (Lipinski definition) is 0. The molecule has 1 fully saturated rings. The second-order valence-electron chi connectivity index (χ2n) is 6.14. The SMILES string of the molecule is O=C(c1ncccn1)N1CCOC[C@@H](Cc2nccn3cccc23)C1. The number of rotatable bonds is 3. The summed E-state index contributed by atoms with van der Waals surface area (Å²) in [5.74, 6) is 0.267. The second-order valence-corrected chi connectivity index (χ2v) is 6.14. The second kappa shape index (κ2) is 6.98. The fraction of sp³-hybridized carbons (Fsp3) is 0.333. The van der Waals surface area contributed by atoms with Crippen molar-refractivity contribution in [3.8, 4) is 0 Å². The van der Waals surface area contributed by atoms with Crippen molar-refractivity contribution in [1.82, 2.24) is 24.3 Å². The highest BCUT2D eigenvalue weighted by Crippen LogP contribution is 2.17. The van der Waals surface area contributed by atoms with Crippen LogP contribution in [0.3, 0.4) is 0 Å². The maximum Gasteiger partial charge on any atom is 0.291 e. The van der Waals surface area contributed by atoms with Crippen molar-refractivity contribution >= 4 is 11.4 Å². The zero-order valence-corrected chi connectivity index (χ0v) is 13.8. The molecule has 7 heteroatoms. The molecular weight excluding hydrogens is 318 g/mol. The summed E-state index contributed by atoms with van der Waals surface area (Å²) >= 11 is 0. The molecule has 1 atom stereocenters. The lowest BCUT2D eigenvalue weighted by Crippen LogP contribution is -2.37. The van der Waals surface area contributed by atoms with Gasteiger partial charge in [0.2, 0.25) is 5.82 Å². The van der Waals surface area contributed by atoms with Crippen molar-refractivity contribution in [1.29, 1.82) is 0 Å². The molecular formula is C18H19N5O2. The molecule has 1 amide bonds. The Balaban J connectivity index is 1.52. The van der Waals surface area contributed by atoms with Gasteiger partial charge in [-0.15, -0.1) is 0 Å². The Labute approximate surface area is 145 Å². The highest BCUT2D eigenvalue weighted by atomic mass is 16.5. The van der Waals surface area contributed by atoms with E-state index < -0.39 is 0 Å². The first kappa shape index (κ1) is 15.7. The van der Waals surface area contributed by atoms with E-state index in [1.807, 2.05) is 18.5 Å². The van der Waals surface area contributed by atoms with Gasteiger partial charge in [0.15, 0.2) is 0 Å². The van der Waals surface area contributed by atoms with E-state index in [0.29, 0.717) is 26.3 Å². The van der Waals surface area contributed by atoms with Gasteiger partial charge in [0.1, 0.15) is 0 Å².